The van der Waals surface area contributed by atoms with Gasteiger partial charge in [-0.3, -0.25) is 4.79 Å². The zero-order valence-corrected chi connectivity index (χ0v) is 9.70. The van der Waals surface area contributed by atoms with Crippen LogP contribution in [0.15, 0.2) is 11.1 Å². The molecule has 2 rings (SSSR count). The summed E-state index contributed by atoms with van der Waals surface area (Å²) in [5.41, 5.74) is -0.746. The maximum Gasteiger partial charge on any atom is 0.332 e. The third-order valence-corrected chi connectivity index (χ3v) is 4.51. The van der Waals surface area contributed by atoms with Gasteiger partial charge in [-0.25, -0.2) is 4.79 Å². The Kier molecular flexibility index (Phi) is 2.00. The lowest BCUT2D eigenvalue weighted by Crippen LogP contribution is -2.31. The number of carboxylic acid groups (broad SMARTS) is 2. The van der Waals surface area contributed by atoms with Crippen LogP contribution in [0.5, 0.6) is 0 Å². The van der Waals surface area contributed by atoms with E-state index in [1.165, 1.54) is 0 Å². The second-order valence-electron chi connectivity index (χ2n) is 5.39. The number of allylic oxidation sites excluding steroid dienone is 1. The molecule has 0 aliphatic heterocycles. The second-order valence-corrected chi connectivity index (χ2v) is 5.39. The van der Waals surface area contributed by atoms with Gasteiger partial charge in [0.15, 0.2) is 0 Å². The smallest absolute Gasteiger partial charge is 0.332 e. The van der Waals surface area contributed by atoms with Crippen molar-refractivity contribution in [2.45, 2.75) is 33.6 Å². The van der Waals surface area contributed by atoms with E-state index in [9.17, 15) is 19.8 Å². The first-order valence-electron chi connectivity index (χ1n) is 5.44. The fraction of sp³-hybridized carbons (Fsp3) is 0.667. The molecule has 88 valence electrons. The molecule has 2 aliphatic carbocycles. The maximum atomic E-state index is 11.5. The first kappa shape index (κ1) is 11.2. The molecule has 0 heterocycles. The molecule has 1 fully saturated rings. The van der Waals surface area contributed by atoms with Crippen molar-refractivity contribution < 1.29 is 19.8 Å². The Labute approximate surface area is 94.0 Å². The molecule has 0 amide bonds. The lowest BCUT2D eigenvalue weighted by molar-refractivity contribution is -0.147. The van der Waals surface area contributed by atoms with Gasteiger partial charge in [0.2, 0.25) is 0 Å². The number of fused-ring (bicyclic) bond motifs is 1. The van der Waals surface area contributed by atoms with E-state index in [0.29, 0.717) is 6.42 Å². The highest BCUT2D eigenvalue weighted by Crippen LogP contribution is 2.76. The summed E-state index contributed by atoms with van der Waals surface area (Å²) in [4.78, 5) is 22.8. The van der Waals surface area contributed by atoms with Crippen LogP contribution in [0.25, 0.3) is 0 Å². The fourth-order valence-corrected chi connectivity index (χ4v) is 3.65. The monoisotopic (exact) mass is 224 g/mol. The highest BCUT2D eigenvalue weighted by molar-refractivity contribution is 6.01. The summed E-state index contributed by atoms with van der Waals surface area (Å²) in [5.74, 6) is -2.10. The van der Waals surface area contributed by atoms with Crippen LogP contribution in [0.4, 0.5) is 0 Å². The SMILES string of the molecule is CC1=C(C(=O)O)C2(C(=O)O)C(CC1)C2(C)C. The van der Waals surface area contributed by atoms with Crippen LogP contribution in [-0.4, -0.2) is 22.2 Å². The summed E-state index contributed by atoms with van der Waals surface area (Å²) in [6.07, 6.45) is 1.48. The highest BCUT2D eigenvalue weighted by Gasteiger charge is 2.79. The lowest BCUT2D eigenvalue weighted by atomic mass is 9.80. The van der Waals surface area contributed by atoms with Crippen LogP contribution in [0, 0.1) is 16.7 Å². The van der Waals surface area contributed by atoms with Crippen LogP contribution >= 0.6 is 0 Å². The number of rotatable bonds is 2. The molecule has 0 radical (unpaired) electrons. The fourth-order valence-electron chi connectivity index (χ4n) is 3.65. The van der Waals surface area contributed by atoms with Crippen LogP contribution < -0.4 is 0 Å². The Bertz CT molecular complexity index is 419. The minimum atomic E-state index is -1.15. The third-order valence-electron chi connectivity index (χ3n) is 4.51. The lowest BCUT2D eigenvalue weighted by Gasteiger charge is -2.22. The summed E-state index contributed by atoms with van der Waals surface area (Å²) in [5, 5.41) is 18.6. The largest absolute Gasteiger partial charge is 0.481 e. The molecule has 4 heteroatoms. The van der Waals surface area contributed by atoms with E-state index < -0.39 is 22.8 Å². The molecule has 2 N–H and O–H groups in total. The van der Waals surface area contributed by atoms with Gasteiger partial charge in [-0.2, -0.15) is 0 Å². The second kappa shape index (κ2) is 2.87. The van der Waals surface area contributed by atoms with Crippen LogP contribution in [0.2, 0.25) is 0 Å². The molecule has 16 heavy (non-hydrogen) atoms. The molecule has 0 saturated heterocycles. The first-order chi connectivity index (χ1) is 7.27. The number of hydrogen-bond donors (Lipinski definition) is 2. The van der Waals surface area contributed by atoms with Gasteiger partial charge in [-0.1, -0.05) is 19.4 Å². The molecule has 1 saturated carbocycles. The predicted molar refractivity (Wildman–Crippen MR) is 56.9 cm³/mol. The molecule has 4 nitrogen and oxygen atoms in total. The number of hydrogen-bond acceptors (Lipinski definition) is 2. The van der Waals surface area contributed by atoms with Crippen molar-refractivity contribution in [3.63, 3.8) is 0 Å². The molecule has 0 aromatic heterocycles. The molecule has 0 aromatic rings. The zero-order valence-electron chi connectivity index (χ0n) is 9.70. The number of carboxylic acids is 2. The Balaban J connectivity index is 2.63. The van der Waals surface area contributed by atoms with E-state index in [0.717, 1.165) is 12.0 Å². The quantitative estimate of drug-likeness (QED) is 0.751. The normalized spacial score (nSPS) is 35.6. The number of aliphatic carboxylic acids is 2. The standard InChI is InChI=1S/C12H16O4/c1-6-4-5-7-11(2,3)12(7,10(15)16)8(6)9(13)14/h7H,4-5H2,1-3H3,(H,13,14)(H,15,16). The molecule has 0 aromatic carbocycles. The van der Waals surface area contributed by atoms with E-state index >= 15 is 0 Å². The molecule has 2 unspecified atom stereocenters. The minimum Gasteiger partial charge on any atom is -0.481 e. The predicted octanol–water partition coefficient (Wildman–Crippen LogP) is 1.91. The topological polar surface area (TPSA) is 74.6 Å². The first-order valence-corrected chi connectivity index (χ1v) is 5.44. The molecule has 0 spiro atoms. The number of carbonyl (C=O) groups is 2. The van der Waals surface area contributed by atoms with Gasteiger partial charge in [0.25, 0.3) is 0 Å². The van der Waals surface area contributed by atoms with Gasteiger partial charge in [0, 0.05) is 0 Å². The summed E-state index contributed by atoms with van der Waals surface area (Å²) in [6.45, 7) is 5.44. The summed E-state index contributed by atoms with van der Waals surface area (Å²) in [7, 11) is 0. The van der Waals surface area contributed by atoms with Gasteiger partial charge in [0.05, 0.1) is 5.57 Å². The summed E-state index contributed by atoms with van der Waals surface area (Å²) < 4.78 is 0. The molecule has 2 atom stereocenters. The van der Waals surface area contributed by atoms with Crippen molar-refractivity contribution in [1.82, 2.24) is 0 Å². The average molecular weight is 224 g/mol. The van der Waals surface area contributed by atoms with Crippen molar-refractivity contribution in [1.29, 1.82) is 0 Å². The van der Waals surface area contributed by atoms with E-state index in [1.807, 2.05) is 13.8 Å². The van der Waals surface area contributed by atoms with Crippen LogP contribution in [0.1, 0.15) is 33.6 Å². The molecular formula is C12H16O4. The van der Waals surface area contributed by atoms with Crippen molar-refractivity contribution in [2.24, 2.45) is 16.7 Å². The highest BCUT2D eigenvalue weighted by atomic mass is 16.4. The van der Waals surface area contributed by atoms with Gasteiger partial charge in [-0.05, 0) is 31.1 Å². The molecule has 2 aliphatic rings. The van der Waals surface area contributed by atoms with E-state index in [1.54, 1.807) is 6.92 Å². The summed E-state index contributed by atoms with van der Waals surface area (Å²) in [6, 6.07) is 0. The van der Waals surface area contributed by atoms with Crippen molar-refractivity contribution in [3.8, 4) is 0 Å². The van der Waals surface area contributed by atoms with Gasteiger partial charge >= 0.3 is 11.9 Å². The Morgan fingerprint density at radius 2 is 1.88 bits per heavy atom. The molecule has 0 bridgehead atoms. The Hall–Kier alpha value is -1.32. The zero-order chi connectivity index (χ0) is 12.3. The average Bonchev–Trinajstić information content (AvgIpc) is 2.63. The Morgan fingerprint density at radius 1 is 1.31 bits per heavy atom. The summed E-state index contributed by atoms with van der Waals surface area (Å²) >= 11 is 0. The van der Waals surface area contributed by atoms with Crippen LogP contribution in [0.3, 0.4) is 0 Å². The maximum absolute atomic E-state index is 11.5. The van der Waals surface area contributed by atoms with Crippen molar-refractivity contribution in [2.75, 3.05) is 0 Å². The Morgan fingerprint density at radius 3 is 2.25 bits per heavy atom. The van der Waals surface area contributed by atoms with Gasteiger partial charge in [-0.15, -0.1) is 0 Å². The van der Waals surface area contributed by atoms with Gasteiger partial charge < -0.3 is 10.2 Å². The minimum absolute atomic E-state index is 0.0349. The van der Waals surface area contributed by atoms with Gasteiger partial charge in [0.1, 0.15) is 5.41 Å². The molecular weight excluding hydrogens is 208 g/mol. The third kappa shape index (κ3) is 0.950. The van der Waals surface area contributed by atoms with Crippen molar-refractivity contribution in [3.05, 3.63) is 11.1 Å². The van der Waals surface area contributed by atoms with E-state index in [4.69, 9.17) is 0 Å². The van der Waals surface area contributed by atoms with Crippen LogP contribution in [-0.2, 0) is 9.59 Å². The van der Waals surface area contributed by atoms with Crippen molar-refractivity contribution >= 4 is 11.9 Å². The van der Waals surface area contributed by atoms with E-state index in [-0.39, 0.29) is 11.5 Å². The van der Waals surface area contributed by atoms with E-state index in [2.05, 4.69) is 0 Å².